The van der Waals surface area contributed by atoms with Crippen molar-refractivity contribution >= 4 is 11.6 Å². The van der Waals surface area contributed by atoms with Crippen LogP contribution in [-0.4, -0.2) is 18.0 Å². The van der Waals surface area contributed by atoms with Crippen LogP contribution in [0.15, 0.2) is 24.3 Å². The molecule has 0 bridgehead atoms. The predicted octanol–water partition coefficient (Wildman–Crippen LogP) is 1.58. The molecule has 2 aliphatic rings. The smallest absolute Gasteiger partial charge is 0.243 e. The van der Waals surface area contributed by atoms with Gasteiger partial charge in [0.05, 0.1) is 0 Å². The largest absolute Gasteiger partial charge is 0.324 e. The van der Waals surface area contributed by atoms with Crippen LogP contribution >= 0.6 is 0 Å². The van der Waals surface area contributed by atoms with Crippen LogP contribution in [-0.2, 0) is 4.79 Å². The first-order chi connectivity index (χ1) is 8.75. The molecular weight excluding hydrogens is 226 g/mol. The normalized spacial score (nSPS) is 30.2. The Morgan fingerprint density at radius 2 is 2.11 bits per heavy atom. The maximum atomic E-state index is 12.3. The lowest BCUT2D eigenvalue weighted by Gasteiger charge is -2.17. The molecule has 4 nitrogen and oxygen atoms in total. The Bertz CT molecular complexity index is 460. The summed E-state index contributed by atoms with van der Waals surface area (Å²) in [5.74, 6) is 0.514. The summed E-state index contributed by atoms with van der Waals surface area (Å²) in [6.45, 7) is 2.01. The van der Waals surface area contributed by atoms with Crippen LogP contribution in [0, 0.1) is 12.8 Å². The number of benzene rings is 1. The van der Waals surface area contributed by atoms with Gasteiger partial charge in [-0.3, -0.25) is 10.2 Å². The second kappa shape index (κ2) is 4.71. The molecule has 1 aliphatic heterocycles. The Hall–Kier alpha value is -1.39. The number of anilines is 1. The number of carbonyl (C=O) groups excluding carboxylic acids is 1. The zero-order chi connectivity index (χ0) is 12.5. The van der Waals surface area contributed by atoms with E-state index in [4.69, 9.17) is 0 Å². The van der Waals surface area contributed by atoms with Gasteiger partial charge >= 0.3 is 0 Å². The average molecular weight is 245 g/mol. The Morgan fingerprint density at radius 3 is 2.94 bits per heavy atom. The molecule has 1 heterocycles. The number of hydrogen-bond acceptors (Lipinski definition) is 3. The third kappa shape index (κ3) is 2.02. The molecule has 1 aliphatic carbocycles. The molecule has 96 valence electrons. The molecule has 1 aromatic carbocycles. The van der Waals surface area contributed by atoms with E-state index in [9.17, 15) is 4.79 Å². The van der Waals surface area contributed by atoms with Crippen LogP contribution in [0.2, 0.25) is 0 Å². The summed E-state index contributed by atoms with van der Waals surface area (Å²) in [5.41, 5.74) is 8.38. The van der Waals surface area contributed by atoms with E-state index in [-0.39, 0.29) is 11.9 Å². The number of hydrazine groups is 1. The molecule has 0 radical (unpaired) electrons. The van der Waals surface area contributed by atoms with Crippen molar-refractivity contribution in [1.29, 1.82) is 0 Å². The van der Waals surface area contributed by atoms with Crippen molar-refractivity contribution in [2.24, 2.45) is 5.92 Å². The summed E-state index contributed by atoms with van der Waals surface area (Å²) in [4.78, 5) is 12.3. The summed E-state index contributed by atoms with van der Waals surface area (Å²) in [6, 6.07) is 8.25. The molecule has 4 heteroatoms. The summed E-state index contributed by atoms with van der Waals surface area (Å²) >= 11 is 0. The van der Waals surface area contributed by atoms with Crippen LogP contribution in [0.1, 0.15) is 24.8 Å². The van der Waals surface area contributed by atoms with Gasteiger partial charge in [-0.05, 0) is 31.4 Å². The van der Waals surface area contributed by atoms with Gasteiger partial charge in [0.15, 0.2) is 0 Å². The fourth-order valence-corrected chi connectivity index (χ4v) is 3.05. The number of aryl methyl sites for hydroxylation is 1. The predicted molar refractivity (Wildman–Crippen MR) is 71.0 cm³/mol. The van der Waals surface area contributed by atoms with Crippen molar-refractivity contribution in [1.82, 2.24) is 10.9 Å². The molecule has 18 heavy (non-hydrogen) atoms. The standard InChI is InChI=1S/C14H19N3O/c1-9-5-2-3-7-11(9)15-14(18)13-10-6-4-8-12(10)16-17-13/h2-3,5,7,10,12-13,16-17H,4,6,8H2,1H3,(H,15,18). The van der Waals surface area contributed by atoms with Gasteiger partial charge in [-0.15, -0.1) is 0 Å². The minimum absolute atomic E-state index is 0.0752. The summed E-state index contributed by atoms with van der Waals surface area (Å²) < 4.78 is 0. The van der Waals surface area contributed by atoms with Gasteiger partial charge in [-0.25, -0.2) is 5.43 Å². The average Bonchev–Trinajstić information content (AvgIpc) is 2.93. The van der Waals surface area contributed by atoms with Gasteiger partial charge in [-0.1, -0.05) is 24.6 Å². The lowest BCUT2D eigenvalue weighted by atomic mass is 9.96. The van der Waals surface area contributed by atoms with Gasteiger partial charge < -0.3 is 5.32 Å². The quantitative estimate of drug-likeness (QED) is 0.741. The highest BCUT2D eigenvalue weighted by molar-refractivity contribution is 5.95. The molecule has 1 saturated heterocycles. The van der Waals surface area contributed by atoms with Crippen molar-refractivity contribution in [2.45, 2.75) is 38.3 Å². The van der Waals surface area contributed by atoms with E-state index in [1.54, 1.807) is 0 Å². The molecule has 3 N–H and O–H groups in total. The molecule has 1 amide bonds. The number of nitrogens with one attached hydrogen (secondary N) is 3. The van der Waals surface area contributed by atoms with Crippen molar-refractivity contribution in [3.05, 3.63) is 29.8 Å². The van der Waals surface area contributed by atoms with Crippen LogP contribution in [0.4, 0.5) is 5.69 Å². The minimum Gasteiger partial charge on any atom is -0.324 e. The van der Waals surface area contributed by atoms with Crippen LogP contribution < -0.4 is 16.2 Å². The van der Waals surface area contributed by atoms with Crippen molar-refractivity contribution in [2.75, 3.05) is 5.32 Å². The highest BCUT2D eigenvalue weighted by atomic mass is 16.2. The highest BCUT2D eigenvalue weighted by Crippen LogP contribution is 2.32. The maximum Gasteiger partial charge on any atom is 0.243 e. The van der Waals surface area contributed by atoms with Gasteiger partial charge in [0.2, 0.25) is 5.91 Å². The number of rotatable bonds is 2. The highest BCUT2D eigenvalue weighted by Gasteiger charge is 2.42. The van der Waals surface area contributed by atoms with Crippen molar-refractivity contribution in [3.8, 4) is 0 Å². The lowest BCUT2D eigenvalue weighted by Crippen LogP contribution is -2.42. The number of fused-ring (bicyclic) bond motifs is 1. The van der Waals surface area contributed by atoms with Gasteiger partial charge in [-0.2, -0.15) is 0 Å². The van der Waals surface area contributed by atoms with E-state index in [2.05, 4.69) is 16.2 Å². The monoisotopic (exact) mass is 245 g/mol. The Balaban J connectivity index is 1.70. The molecule has 2 fully saturated rings. The number of para-hydroxylation sites is 1. The molecule has 1 saturated carbocycles. The summed E-state index contributed by atoms with van der Waals surface area (Å²) in [5, 5.41) is 3.02. The van der Waals surface area contributed by atoms with E-state index < -0.39 is 0 Å². The fourth-order valence-electron chi connectivity index (χ4n) is 3.05. The molecule has 3 rings (SSSR count). The third-order valence-electron chi connectivity index (χ3n) is 4.11. The number of hydrogen-bond donors (Lipinski definition) is 3. The maximum absolute atomic E-state index is 12.3. The lowest BCUT2D eigenvalue weighted by molar-refractivity contribution is -0.118. The van der Waals surface area contributed by atoms with Crippen LogP contribution in [0.5, 0.6) is 0 Å². The first-order valence-electron chi connectivity index (χ1n) is 6.63. The minimum atomic E-state index is -0.0999. The van der Waals surface area contributed by atoms with Crippen LogP contribution in [0.25, 0.3) is 0 Å². The molecule has 0 spiro atoms. The van der Waals surface area contributed by atoms with Gasteiger partial charge in [0.25, 0.3) is 0 Å². The van der Waals surface area contributed by atoms with Crippen molar-refractivity contribution < 1.29 is 4.79 Å². The topological polar surface area (TPSA) is 53.2 Å². The van der Waals surface area contributed by atoms with E-state index in [1.807, 2.05) is 31.2 Å². The zero-order valence-corrected chi connectivity index (χ0v) is 10.6. The van der Waals surface area contributed by atoms with Gasteiger partial charge in [0, 0.05) is 17.6 Å². The van der Waals surface area contributed by atoms with E-state index >= 15 is 0 Å². The SMILES string of the molecule is Cc1ccccc1NC(=O)C1NNC2CCCC21. The van der Waals surface area contributed by atoms with E-state index in [0.29, 0.717) is 12.0 Å². The summed E-state index contributed by atoms with van der Waals surface area (Å²) in [6.07, 6.45) is 3.53. The number of amides is 1. The zero-order valence-electron chi connectivity index (χ0n) is 10.6. The first kappa shape index (κ1) is 11.7. The fraction of sp³-hybridized carbons (Fsp3) is 0.500. The van der Waals surface area contributed by atoms with E-state index in [0.717, 1.165) is 17.7 Å². The molecule has 3 unspecified atom stereocenters. The molecule has 1 aromatic rings. The van der Waals surface area contributed by atoms with Crippen LogP contribution in [0.3, 0.4) is 0 Å². The molecular formula is C14H19N3O. The second-order valence-corrected chi connectivity index (χ2v) is 5.27. The Labute approximate surface area is 107 Å². The summed E-state index contributed by atoms with van der Waals surface area (Å²) in [7, 11) is 0. The van der Waals surface area contributed by atoms with Gasteiger partial charge in [0.1, 0.15) is 6.04 Å². The molecule has 0 aromatic heterocycles. The van der Waals surface area contributed by atoms with E-state index in [1.165, 1.54) is 12.8 Å². The molecule has 3 atom stereocenters. The van der Waals surface area contributed by atoms with Crippen molar-refractivity contribution in [3.63, 3.8) is 0 Å². The third-order valence-corrected chi connectivity index (χ3v) is 4.11. The first-order valence-corrected chi connectivity index (χ1v) is 6.63. The second-order valence-electron chi connectivity index (χ2n) is 5.27. The Morgan fingerprint density at radius 1 is 1.28 bits per heavy atom. The Kier molecular flexibility index (Phi) is 3.06. The number of carbonyl (C=O) groups is 1.